The van der Waals surface area contributed by atoms with E-state index in [1.807, 2.05) is 0 Å². The number of hydrogen-bond donors (Lipinski definition) is 2. The summed E-state index contributed by atoms with van der Waals surface area (Å²) >= 11 is 0. The average molecular weight is 275 g/mol. The first kappa shape index (κ1) is 13.9. The first-order valence-corrected chi connectivity index (χ1v) is 6.09. The van der Waals surface area contributed by atoms with Crippen LogP contribution in [0.25, 0.3) is 11.3 Å². The normalized spacial score (nSPS) is 11.9. The maximum absolute atomic E-state index is 12.8. The third kappa shape index (κ3) is 3.09. The van der Waals surface area contributed by atoms with E-state index in [1.54, 1.807) is 31.2 Å². The number of nitrogens with zero attached hydrogens (tertiary/aromatic N) is 1. The van der Waals surface area contributed by atoms with Crippen LogP contribution in [0.1, 0.15) is 12.5 Å². The Bertz CT molecular complexity index is 678. The van der Waals surface area contributed by atoms with Crippen molar-refractivity contribution in [2.75, 3.05) is 5.32 Å². The Hall–Kier alpha value is -2.50. The zero-order chi connectivity index (χ0) is 14.7. The molecular formula is C14H14FN3O2. The first-order chi connectivity index (χ1) is 9.47. The third-order valence-corrected chi connectivity index (χ3v) is 2.79. The second kappa shape index (κ2) is 5.64. The van der Waals surface area contributed by atoms with E-state index in [1.165, 1.54) is 13.0 Å². The van der Waals surface area contributed by atoms with Crippen LogP contribution in [0.15, 0.2) is 35.1 Å². The summed E-state index contributed by atoms with van der Waals surface area (Å²) in [7, 11) is 0. The van der Waals surface area contributed by atoms with Crippen LogP contribution < -0.4 is 10.9 Å². The minimum Gasteiger partial charge on any atom is -0.324 e. The van der Waals surface area contributed by atoms with Crippen molar-refractivity contribution in [3.8, 4) is 11.3 Å². The molecule has 1 amide bonds. The molecule has 20 heavy (non-hydrogen) atoms. The van der Waals surface area contributed by atoms with Gasteiger partial charge in [-0.05, 0) is 31.5 Å². The molecule has 0 radical (unpaired) electrons. The Kier molecular flexibility index (Phi) is 3.93. The summed E-state index contributed by atoms with van der Waals surface area (Å²) in [5.41, 5.74) is 2.45. The molecule has 0 aliphatic rings. The van der Waals surface area contributed by atoms with Crippen LogP contribution in [0.2, 0.25) is 0 Å². The number of aromatic nitrogens is 2. The Balaban J connectivity index is 2.24. The molecule has 0 aliphatic heterocycles. The number of aryl methyl sites for hydroxylation is 1. The summed E-state index contributed by atoms with van der Waals surface area (Å²) in [6.45, 7) is 2.97. The van der Waals surface area contributed by atoms with Gasteiger partial charge in [0.1, 0.15) is 0 Å². The molecule has 1 aromatic heterocycles. The van der Waals surface area contributed by atoms with Gasteiger partial charge in [0.25, 0.3) is 11.5 Å². The maximum Gasteiger partial charge on any atom is 0.264 e. The monoisotopic (exact) mass is 275 g/mol. The fourth-order valence-corrected chi connectivity index (χ4v) is 1.74. The number of aromatic amines is 1. The predicted molar refractivity (Wildman–Crippen MR) is 74.2 cm³/mol. The zero-order valence-corrected chi connectivity index (χ0v) is 11.1. The van der Waals surface area contributed by atoms with Crippen molar-refractivity contribution in [1.82, 2.24) is 10.2 Å². The van der Waals surface area contributed by atoms with Crippen LogP contribution in [0.5, 0.6) is 0 Å². The first-order valence-electron chi connectivity index (χ1n) is 6.09. The van der Waals surface area contributed by atoms with Crippen molar-refractivity contribution < 1.29 is 9.18 Å². The minimum absolute atomic E-state index is 0.257. The van der Waals surface area contributed by atoms with Gasteiger partial charge >= 0.3 is 0 Å². The summed E-state index contributed by atoms with van der Waals surface area (Å²) in [6.07, 6.45) is -1.56. The molecular weight excluding hydrogens is 261 g/mol. The fraction of sp³-hybridized carbons (Fsp3) is 0.214. The van der Waals surface area contributed by atoms with Gasteiger partial charge in [-0.2, -0.15) is 5.10 Å². The summed E-state index contributed by atoms with van der Waals surface area (Å²) in [5.74, 6) is -0.684. The number of halogens is 1. The predicted octanol–water partition coefficient (Wildman–Crippen LogP) is 2.04. The van der Waals surface area contributed by atoms with E-state index < -0.39 is 12.1 Å². The largest absolute Gasteiger partial charge is 0.324 e. The van der Waals surface area contributed by atoms with Crippen molar-refractivity contribution in [3.05, 3.63) is 46.2 Å². The van der Waals surface area contributed by atoms with E-state index in [2.05, 4.69) is 15.5 Å². The van der Waals surface area contributed by atoms with Crippen LogP contribution in [-0.4, -0.2) is 22.3 Å². The van der Waals surface area contributed by atoms with Gasteiger partial charge in [-0.25, -0.2) is 9.49 Å². The molecule has 104 valence electrons. The van der Waals surface area contributed by atoms with Crippen molar-refractivity contribution in [1.29, 1.82) is 0 Å². The Morgan fingerprint density at radius 2 is 2.00 bits per heavy atom. The summed E-state index contributed by atoms with van der Waals surface area (Å²) in [4.78, 5) is 22.3. The smallest absolute Gasteiger partial charge is 0.264 e. The lowest BCUT2D eigenvalue weighted by Gasteiger charge is -2.07. The van der Waals surface area contributed by atoms with Crippen LogP contribution in [0.3, 0.4) is 0 Å². The molecule has 1 heterocycles. The molecule has 1 unspecified atom stereocenters. The number of alkyl halides is 1. The van der Waals surface area contributed by atoms with Gasteiger partial charge in [0, 0.05) is 17.3 Å². The van der Waals surface area contributed by atoms with Gasteiger partial charge in [-0.3, -0.25) is 9.59 Å². The summed E-state index contributed by atoms with van der Waals surface area (Å²) in [6, 6.07) is 8.25. The Labute approximate surface area is 114 Å². The molecule has 0 saturated carbocycles. The molecule has 0 fully saturated rings. The van der Waals surface area contributed by atoms with Gasteiger partial charge in [-0.1, -0.05) is 12.1 Å². The van der Waals surface area contributed by atoms with E-state index in [-0.39, 0.29) is 5.56 Å². The molecule has 0 saturated heterocycles. The van der Waals surface area contributed by atoms with Crippen LogP contribution in [0, 0.1) is 6.92 Å². The highest BCUT2D eigenvalue weighted by atomic mass is 19.1. The lowest BCUT2D eigenvalue weighted by Crippen LogP contribution is -2.20. The number of carbonyl (C=O) groups is 1. The molecule has 5 nitrogen and oxygen atoms in total. The molecule has 2 aromatic rings. The van der Waals surface area contributed by atoms with E-state index in [0.717, 1.165) is 11.1 Å². The molecule has 2 N–H and O–H groups in total. The van der Waals surface area contributed by atoms with E-state index in [9.17, 15) is 14.0 Å². The molecule has 0 bridgehead atoms. The second-order valence-corrected chi connectivity index (χ2v) is 4.45. The fourth-order valence-electron chi connectivity index (χ4n) is 1.74. The molecule has 1 atom stereocenters. The highest BCUT2D eigenvalue weighted by Gasteiger charge is 2.11. The van der Waals surface area contributed by atoms with Gasteiger partial charge in [0.2, 0.25) is 0 Å². The zero-order valence-electron chi connectivity index (χ0n) is 11.1. The van der Waals surface area contributed by atoms with Gasteiger partial charge in [0.15, 0.2) is 6.17 Å². The third-order valence-electron chi connectivity index (χ3n) is 2.79. The second-order valence-electron chi connectivity index (χ2n) is 4.45. The number of rotatable bonds is 3. The van der Waals surface area contributed by atoms with E-state index in [4.69, 9.17) is 0 Å². The summed E-state index contributed by atoms with van der Waals surface area (Å²) in [5, 5.41) is 8.81. The van der Waals surface area contributed by atoms with Crippen molar-refractivity contribution in [2.24, 2.45) is 0 Å². The SMILES string of the molecule is Cc1cc(=O)[nH]nc1-c1ccc(NC(=O)C(C)F)cc1. The average Bonchev–Trinajstić information content (AvgIpc) is 2.40. The highest BCUT2D eigenvalue weighted by Crippen LogP contribution is 2.21. The van der Waals surface area contributed by atoms with Gasteiger partial charge in [0.05, 0.1) is 5.69 Å². The molecule has 0 aliphatic carbocycles. The van der Waals surface area contributed by atoms with Crippen molar-refractivity contribution in [3.63, 3.8) is 0 Å². The van der Waals surface area contributed by atoms with Gasteiger partial charge in [-0.15, -0.1) is 0 Å². The maximum atomic E-state index is 12.8. The Morgan fingerprint density at radius 1 is 1.35 bits per heavy atom. The van der Waals surface area contributed by atoms with Gasteiger partial charge < -0.3 is 5.32 Å². The number of carbonyl (C=O) groups excluding carboxylic acids is 1. The minimum atomic E-state index is -1.56. The van der Waals surface area contributed by atoms with E-state index in [0.29, 0.717) is 11.4 Å². The Morgan fingerprint density at radius 3 is 2.55 bits per heavy atom. The number of amides is 1. The molecule has 6 heteroatoms. The lowest BCUT2D eigenvalue weighted by molar-refractivity contribution is -0.120. The molecule has 2 rings (SSSR count). The number of hydrogen-bond acceptors (Lipinski definition) is 3. The number of anilines is 1. The van der Waals surface area contributed by atoms with Crippen molar-refractivity contribution >= 4 is 11.6 Å². The summed E-state index contributed by atoms with van der Waals surface area (Å²) < 4.78 is 12.8. The highest BCUT2D eigenvalue weighted by molar-refractivity contribution is 5.93. The van der Waals surface area contributed by atoms with Crippen molar-refractivity contribution in [2.45, 2.75) is 20.0 Å². The quantitative estimate of drug-likeness (QED) is 0.900. The topological polar surface area (TPSA) is 74.8 Å². The number of nitrogens with one attached hydrogen (secondary N) is 2. The molecule has 1 aromatic carbocycles. The van der Waals surface area contributed by atoms with Crippen LogP contribution in [0.4, 0.5) is 10.1 Å². The lowest BCUT2D eigenvalue weighted by atomic mass is 10.1. The standard InChI is InChI=1S/C14H14FN3O2/c1-8-7-12(19)17-18-13(8)10-3-5-11(6-4-10)16-14(20)9(2)15/h3-7,9H,1-2H3,(H,16,20)(H,17,19). The number of benzene rings is 1. The molecule has 0 spiro atoms. The van der Waals surface area contributed by atoms with E-state index >= 15 is 0 Å². The van der Waals surface area contributed by atoms with Crippen LogP contribution in [-0.2, 0) is 4.79 Å². The van der Waals surface area contributed by atoms with Crippen LogP contribution >= 0.6 is 0 Å². The number of H-pyrrole nitrogens is 1.